The van der Waals surface area contributed by atoms with Gasteiger partial charge in [0.05, 0.1) is 18.3 Å². The summed E-state index contributed by atoms with van der Waals surface area (Å²) >= 11 is 7.52. The van der Waals surface area contributed by atoms with Crippen molar-refractivity contribution in [1.82, 2.24) is 19.5 Å². The van der Waals surface area contributed by atoms with Crippen molar-refractivity contribution in [2.24, 2.45) is 5.41 Å². The molecule has 0 aliphatic carbocycles. The summed E-state index contributed by atoms with van der Waals surface area (Å²) < 4.78 is 29.5. The number of rotatable bonds is 10. The van der Waals surface area contributed by atoms with E-state index in [9.17, 15) is 24.4 Å². The summed E-state index contributed by atoms with van der Waals surface area (Å²) in [7, 11) is -2.56. The van der Waals surface area contributed by atoms with Crippen LogP contribution in [0.15, 0.2) is 11.1 Å². The van der Waals surface area contributed by atoms with Crippen molar-refractivity contribution < 1.29 is 33.4 Å². The number of fused-ring (bicyclic) bond motifs is 1. The van der Waals surface area contributed by atoms with Crippen molar-refractivity contribution in [3.63, 3.8) is 0 Å². The van der Waals surface area contributed by atoms with Crippen molar-refractivity contribution in [2.45, 2.75) is 44.1 Å². The van der Waals surface area contributed by atoms with Crippen LogP contribution in [0.5, 0.6) is 0 Å². The molecule has 13 nitrogen and oxygen atoms in total. The summed E-state index contributed by atoms with van der Waals surface area (Å²) in [5, 5.41) is 19.7. The number of aliphatic hydroxyl groups is 2. The number of carbonyl (C=O) groups excluding carboxylic acids is 1. The van der Waals surface area contributed by atoms with Crippen LogP contribution >= 0.6 is 31.6 Å². The topological polar surface area (TPSA) is 192 Å². The second kappa shape index (κ2) is 10.5. The Balaban J connectivity index is 1.57. The zero-order valence-electron chi connectivity index (χ0n) is 18.6. The number of ether oxygens (including phenoxy) is 1. The van der Waals surface area contributed by atoms with E-state index in [-0.39, 0.29) is 47.8 Å². The van der Waals surface area contributed by atoms with Gasteiger partial charge in [0.25, 0.3) is 5.56 Å². The van der Waals surface area contributed by atoms with Gasteiger partial charge in [0.15, 0.2) is 22.5 Å². The number of aliphatic hydroxyl groups excluding tert-OH is 2. The maximum absolute atomic E-state index is 12.0. The number of aromatic amines is 1. The first kappa shape index (κ1) is 27.0. The van der Waals surface area contributed by atoms with Crippen LogP contribution < -0.4 is 11.3 Å². The molecule has 16 heteroatoms. The monoisotopic (exact) mass is 538 g/mol. The molecule has 1 aliphatic rings. The number of alkyl halides is 1. The number of nitrogen functional groups attached to an aromatic ring is 1. The first-order valence-electron chi connectivity index (χ1n) is 10.1. The third kappa shape index (κ3) is 5.60. The molecule has 1 aliphatic heterocycles. The smallest absolute Gasteiger partial charge is 0.395 e. The minimum atomic E-state index is -2.56. The Morgan fingerprint density at radius 1 is 1.50 bits per heavy atom. The number of imidazole rings is 1. The van der Waals surface area contributed by atoms with Gasteiger partial charge in [0, 0.05) is 10.3 Å². The molecule has 34 heavy (non-hydrogen) atoms. The average Bonchev–Trinajstić information content (AvgIpc) is 3.28. The lowest BCUT2D eigenvalue weighted by molar-refractivity contribution is -0.119. The predicted octanol–water partition coefficient (Wildman–Crippen LogP) is 0.926. The van der Waals surface area contributed by atoms with Crippen LogP contribution in [0.1, 0.15) is 27.0 Å². The second-order valence-electron chi connectivity index (χ2n) is 8.43. The average molecular weight is 539 g/mol. The second-order valence-corrected chi connectivity index (χ2v) is 11.3. The first-order chi connectivity index (χ1) is 15.9. The maximum atomic E-state index is 12.0. The molecule has 0 spiro atoms. The van der Waals surface area contributed by atoms with Crippen molar-refractivity contribution in [1.29, 1.82) is 0 Å². The number of thioether (sulfide) groups is 1. The molecule has 3 rings (SSSR count). The molecule has 1 unspecified atom stereocenters. The summed E-state index contributed by atoms with van der Waals surface area (Å²) in [5.74, 6) is 0.0999. The summed E-state index contributed by atoms with van der Waals surface area (Å²) in [4.78, 5) is 33.0. The van der Waals surface area contributed by atoms with Crippen LogP contribution in [0, 0.1) is 5.41 Å². The van der Waals surface area contributed by atoms with Crippen LogP contribution in [-0.4, -0.2) is 77.5 Å². The Kier molecular flexibility index (Phi) is 8.36. The van der Waals surface area contributed by atoms with Crippen molar-refractivity contribution >= 4 is 53.8 Å². The third-order valence-corrected chi connectivity index (χ3v) is 7.57. The highest BCUT2D eigenvalue weighted by Gasteiger charge is 2.54. The summed E-state index contributed by atoms with van der Waals surface area (Å²) in [6, 6.07) is 0. The number of nitrogens with zero attached hydrogens (tertiary/aromatic N) is 3. The normalized spacial score (nSPS) is 25.7. The van der Waals surface area contributed by atoms with E-state index in [1.807, 2.05) is 0 Å². The van der Waals surface area contributed by atoms with Gasteiger partial charge in [0.1, 0.15) is 30.3 Å². The van der Waals surface area contributed by atoms with Crippen LogP contribution in [-0.2, 0) is 23.1 Å². The standard InChI is InChI=1S/C18H25ClN5O8PS/c1-17(2,7-25)15(28)34-5-4-30-33(29)31-6-9-11(26)18(3,19)14(32-9)24-8-21-10-12(24)22-16(20)23-13(10)27/h8-9,11,14,25-26H,4-7H2,1-3H3,(H2-,20,22,23,27)/p+1/t9-,11-,14-,18-/m1/s1. The van der Waals surface area contributed by atoms with Crippen molar-refractivity contribution in [3.8, 4) is 0 Å². The molecular weight excluding hydrogens is 513 g/mol. The Hall–Kier alpha value is -1.64. The lowest BCUT2D eigenvalue weighted by Crippen LogP contribution is -2.39. The molecule has 5 atom stereocenters. The SMILES string of the molecule is CC(C)(CO)C(=O)SCCO[P+](=O)OC[C@H]1O[C@@H](n2cnc3c(=O)[nH]c(N)nc32)[C@](C)(Cl)[C@@H]1O. The minimum Gasteiger partial charge on any atom is -0.395 e. The minimum absolute atomic E-state index is 0.0228. The summed E-state index contributed by atoms with van der Waals surface area (Å²) in [6.45, 7) is 4.16. The molecule has 2 aromatic heterocycles. The van der Waals surface area contributed by atoms with Gasteiger partial charge >= 0.3 is 8.25 Å². The molecule has 0 bridgehead atoms. The Morgan fingerprint density at radius 3 is 2.88 bits per heavy atom. The van der Waals surface area contributed by atoms with E-state index in [1.165, 1.54) is 17.8 Å². The van der Waals surface area contributed by atoms with E-state index >= 15 is 0 Å². The largest absolute Gasteiger partial charge is 0.697 e. The molecule has 0 aromatic carbocycles. The number of halogens is 1. The molecule has 0 amide bonds. The molecular formula is C18H26ClN5O8PS+. The Morgan fingerprint density at radius 2 is 2.21 bits per heavy atom. The highest BCUT2D eigenvalue weighted by molar-refractivity contribution is 8.13. The lowest BCUT2D eigenvalue weighted by Gasteiger charge is -2.26. The number of H-pyrrole nitrogens is 1. The van der Waals surface area contributed by atoms with Crippen LogP contribution in [0.3, 0.4) is 0 Å². The molecule has 5 N–H and O–H groups in total. The van der Waals surface area contributed by atoms with E-state index < -0.39 is 42.5 Å². The number of nitrogens with two attached hydrogens (primary N) is 1. The highest BCUT2D eigenvalue weighted by Crippen LogP contribution is 2.44. The fraction of sp³-hybridized carbons (Fsp3) is 0.667. The Labute approximate surface area is 204 Å². The van der Waals surface area contributed by atoms with Gasteiger partial charge in [-0.2, -0.15) is 4.98 Å². The van der Waals surface area contributed by atoms with Gasteiger partial charge in [-0.3, -0.25) is 19.1 Å². The molecule has 2 aromatic rings. The molecule has 188 valence electrons. The molecule has 1 saturated heterocycles. The molecule has 0 saturated carbocycles. The number of hydrogen-bond acceptors (Lipinski definition) is 12. The van der Waals surface area contributed by atoms with E-state index in [2.05, 4.69) is 15.0 Å². The van der Waals surface area contributed by atoms with Gasteiger partial charge in [-0.15, -0.1) is 20.6 Å². The lowest BCUT2D eigenvalue weighted by atomic mass is 9.97. The van der Waals surface area contributed by atoms with Crippen molar-refractivity contribution in [3.05, 3.63) is 16.7 Å². The van der Waals surface area contributed by atoms with E-state index in [4.69, 9.17) is 31.1 Å². The summed E-state index contributed by atoms with van der Waals surface area (Å²) in [5.41, 5.74) is 4.35. The zero-order valence-corrected chi connectivity index (χ0v) is 21.1. The number of aromatic nitrogens is 4. The fourth-order valence-corrected chi connectivity index (χ4v) is 4.95. The first-order valence-corrected chi connectivity index (χ1v) is 12.6. The van der Waals surface area contributed by atoms with Crippen LogP contribution in [0.2, 0.25) is 0 Å². The quantitative estimate of drug-likeness (QED) is 0.190. The Bertz CT molecular complexity index is 1130. The van der Waals surface area contributed by atoms with Gasteiger partial charge in [0.2, 0.25) is 5.95 Å². The predicted molar refractivity (Wildman–Crippen MR) is 125 cm³/mol. The highest BCUT2D eigenvalue weighted by atomic mass is 35.5. The third-order valence-electron chi connectivity index (χ3n) is 5.23. The molecule has 0 radical (unpaired) electrons. The number of anilines is 1. The fourth-order valence-electron chi connectivity index (χ4n) is 3.14. The van der Waals surface area contributed by atoms with E-state index in [0.29, 0.717) is 0 Å². The van der Waals surface area contributed by atoms with Gasteiger partial charge in [-0.25, -0.2) is 4.98 Å². The van der Waals surface area contributed by atoms with E-state index in [0.717, 1.165) is 11.8 Å². The van der Waals surface area contributed by atoms with Crippen LogP contribution in [0.25, 0.3) is 11.2 Å². The number of carbonyl (C=O) groups is 1. The maximum Gasteiger partial charge on any atom is 0.697 e. The summed E-state index contributed by atoms with van der Waals surface area (Å²) in [6.07, 6.45) is -1.91. The van der Waals surface area contributed by atoms with Gasteiger partial charge in [-0.1, -0.05) is 11.8 Å². The molecule has 1 fully saturated rings. The van der Waals surface area contributed by atoms with Gasteiger partial charge in [-0.05, 0) is 20.8 Å². The van der Waals surface area contributed by atoms with E-state index in [1.54, 1.807) is 13.8 Å². The van der Waals surface area contributed by atoms with Gasteiger partial charge < -0.3 is 20.7 Å². The number of hydrogen-bond donors (Lipinski definition) is 4. The zero-order chi connectivity index (χ0) is 25.3. The van der Waals surface area contributed by atoms with Crippen LogP contribution in [0.4, 0.5) is 5.95 Å². The van der Waals surface area contributed by atoms with Crippen molar-refractivity contribution in [2.75, 3.05) is 31.3 Å². The number of nitrogens with one attached hydrogen (secondary N) is 1. The molecule has 3 heterocycles.